The van der Waals surface area contributed by atoms with Crippen LogP contribution in [0.4, 0.5) is 0 Å². The molecule has 0 amide bonds. The van der Waals surface area contributed by atoms with Crippen molar-refractivity contribution in [3.05, 3.63) is 24.0 Å². The first-order chi connectivity index (χ1) is 11.9. The summed E-state index contributed by atoms with van der Waals surface area (Å²) in [4.78, 5) is 8.06. The average molecular weight is 331 g/mol. The van der Waals surface area contributed by atoms with E-state index in [0.717, 1.165) is 48.6 Å². The number of hydrogen-bond donors (Lipinski definition) is 3. The van der Waals surface area contributed by atoms with Crippen LogP contribution in [0, 0.1) is 5.92 Å². The van der Waals surface area contributed by atoms with Gasteiger partial charge < -0.3 is 20.1 Å². The monoisotopic (exact) mass is 331 g/mol. The minimum atomic E-state index is 0.258. The molecule has 1 saturated carbocycles. The van der Waals surface area contributed by atoms with Crippen molar-refractivity contribution in [1.29, 1.82) is 0 Å². The molecular weight excluding hydrogens is 302 g/mol. The van der Waals surface area contributed by atoms with Gasteiger partial charge in [-0.2, -0.15) is 0 Å². The van der Waals surface area contributed by atoms with Crippen molar-refractivity contribution in [1.82, 2.24) is 15.3 Å². The Morgan fingerprint density at radius 2 is 2.08 bits per heavy atom. The molecule has 0 spiro atoms. The molecule has 3 rings (SSSR count). The van der Waals surface area contributed by atoms with Crippen LogP contribution in [0.25, 0.3) is 11.0 Å². The number of fused-ring (bicyclic) bond motifs is 1. The van der Waals surface area contributed by atoms with E-state index in [9.17, 15) is 0 Å². The lowest BCUT2D eigenvalue weighted by atomic mass is 9.90. The largest absolute Gasteiger partial charge is 0.491 e. The number of rotatable bonds is 9. The molecule has 1 heterocycles. The number of unbranched alkanes of at least 4 members (excludes halogenated alkanes) is 1. The first-order valence-electron chi connectivity index (χ1n) is 9.29. The molecular formula is C19H29N3O2. The zero-order valence-electron chi connectivity index (χ0n) is 14.4. The summed E-state index contributed by atoms with van der Waals surface area (Å²) in [7, 11) is 0. The van der Waals surface area contributed by atoms with E-state index in [2.05, 4.69) is 10.3 Å². The van der Waals surface area contributed by atoms with Gasteiger partial charge in [0.1, 0.15) is 17.1 Å². The highest BCUT2D eigenvalue weighted by molar-refractivity contribution is 5.81. The van der Waals surface area contributed by atoms with E-state index in [1.54, 1.807) is 0 Å². The Balaban J connectivity index is 1.57. The highest BCUT2D eigenvalue weighted by atomic mass is 16.5. The lowest BCUT2D eigenvalue weighted by Crippen LogP contribution is -2.16. The van der Waals surface area contributed by atoms with Gasteiger partial charge in [-0.05, 0) is 50.3 Å². The van der Waals surface area contributed by atoms with E-state index in [1.807, 2.05) is 18.2 Å². The van der Waals surface area contributed by atoms with Gasteiger partial charge in [0.25, 0.3) is 0 Å². The molecule has 3 N–H and O–H groups in total. The van der Waals surface area contributed by atoms with Gasteiger partial charge in [0.05, 0.1) is 18.7 Å². The first-order valence-corrected chi connectivity index (χ1v) is 9.29. The molecule has 0 unspecified atom stereocenters. The molecule has 24 heavy (non-hydrogen) atoms. The van der Waals surface area contributed by atoms with Crippen molar-refractivity contribution >= 4 is 11.0 Å². The molecule has 132 valence electrons. The fourth-order valence-corrected chi connectivity index (χ4v) is 3.39. The smallest absolute Gasteiger partial charge is 0.147 e. The third kappa shape index (κ3) is 4.71. The molecule has 0 radical (unpaired) electrons. The van der Waals surface area contributed by atoms with E-state index < -0.39 is 0 Å². The second-order valence-corrected chi connectivity index (χ2v) is 6.76. The molecule has 1 fully saturated rings. The highest BCUT2D eigenvalue weighted by Gasteiger charge is 2.15. The van der Waals surface area contributed by atoms with Crippen molar-refractivity contribution in [2.45, 2.75) is 51.5 Å². The Bertz CT molecular complexity index is 620. The molecule has 0 atom stereocenters. The summed E-state index contributed by atoms with van der Waals surface area (Å²) < 4.78 is 6.10. The zero-order valence-corrected chi connectivity index (χ0v) is 14.4. The van der Waals surface area contributed by atoms with Gasteiger partial charge in [0.15, 0.2) is 0 Å². The molecule has 5 heteroatoms. The SMILES string of the molecule is OCCCCNCc1nc2c(OCC3CCCCC3)cccc2[nH]1. The van der Waals surface area contributed by atoms with E-state index in [1.165, 1.54) is 32.1 Å². The van der Waals surface area contributed by atoms with Crippen LogP contribution in [0.5, 0.6) is 5.75 Å². The number of aliphatic hydroxyl groups is 1. The number of aliphatic hydroxyl groups excluding tert-OH is 1. The van der Waals surface area contributed by atoms with Gasteiger partial charge in [-0.25, -0.2) is 4.98 Å². The summed E-state index contributed by atoms with van der Waals surface area (Å²) >= 11 is 0. The van der Waals surface area contributed by atoms with Crippen molar-refractivity contribution in [3.8, 4) is 5.75 Å². The third-order valence-electron chi connectivity index (χ3n) is 4.78. The number of ether oxygens (including phenoxy) is 1. The maximum atomic E-state index is 8.79. The van der Waals surface area contributed by atoms with Crippen molar-refractivity contribution in [3.63, 3.8) is 0 Å². The van der Waals surface area contributed by atoms with Gasteiger partial charge in [0.2, 0.25) is 0 Å². The molecule has 2 aromatic rings. The molecule has 1 aliphatic rings. The fourth-order valence-electron chi connectivity index (χ4n) is 3.39. The maximum absolute atomic E-state index is 8.79. The molecule has 5 nitrogen and oxygen atoms in total. The van der Waals surface area contributed by atoms with E-state index >= 15 is 0 Å². The fraction of sp³-hybridized carbons (Fsp3) is 0.632. The summed E-state index contributed by atoms with van der Waals surface area (Å²) in [5.41, 5.74) is 1.96. The van der Waals surface area contributed by atoms with E-state index in [4.69, 9.17) is 14.8 Å². The summed E-state index contributed by atoms with van der Waals surface area (Å²) in [5.74, 6) is 2.52. The number of aromatic nitrogens is 2. The second kappa shape index (κ2) is 9.04. The highest BCUT2D eigenvalue weighted by Crippen LogP contribution is 2.27. The van der Waals surface area contributed by atoms with Crippen LogP contribution in [-0.2, 0) is 6.54 Å². The number of H-pyrrole nitrogens is 1. The number of aromatic amines is 1. The van der Waals surface area contributed by atoms with Gasteiger partial charge >= 0.3 is 0 Å². The minimum absolute atomic E-state index is 0.258. The quantitative estimate of drug-likeness (QED) is 0.616. The molecule has 0 bridgehead atoms. The molecule has 1 aliphatic carbocycles. The standard InChI is InChI=1S/C19H29N3O2/c23-12-5-4-11-20-13-18-21-16-9-6-10-17(19(16)22-18)24-14-15-7-2-1-3-8-15/h6,9-10,15,20,23H,1-5,7-8,11-14H2,(H,21,22). The maximum Gasteiger partial charge on any atom is 0.147 e. The Hall–Kier alpha value is -1.59. The Morgan fingerprint density at radius 3 is 2.92 bits per heavy atom. The van der Waals surface area contributed by atoms with Crippen LogP contribution >= 0.6 is 0 Å². The predicted octanol–water partition coefficient (Wildman–Crippen LogP) is 3.38. The van der Waals surface area contributed by atoms with E-state index in [0.29, 0.717) is 12.5 Å². The van der Waals surface area contributed by atoms with Crippen molar-refractivity contribution in [2.24, 2.45) is 5.92 Å². The Kier molecular flexibility index (Phi) is 6.49. The third-order valence-corrected chi connectivity index (χ3v) is 4.78. The summed E-state index contributed by atoms with van der Waals surface area (Å²) in [5, 5.41) is 12.1. The van der Waals surface area contributed by atoms with Gasteiger partial charge in [-0.3, -0.25) is 0 Å². The first kappa shape index (κ1) is 17.2. The number of imidazole rings is 1. The minimum Gasteiger partial charge on any atom is -0.491 e. The molecule has 1 aromatic heterocycles. The lowest BCUT2D eigenvalue weighted by Gasteiger charge is -2.21. The molecule has 0 aliphatic heterocycles. The van der Waals surface area contributed by atoms with E-state index in [-0.39, 0.29) is 6.61 Å². The topological polar surface area (TPSA) is 70.2 Å². The van der Waals surface area contributed by atoms with Gasteiger partial charge in [-0.15, -0.1) is 0 Å². The Morgan fingerprint density at radius 1 is 1.21 bits per heavy atom. The zero-order chi connectivity index (χ0) is 16.6. The van der Waals surface area contributed by atoms with Crippen molar-refractivity contribution in [2.75, 3.05) is 19.8 Å². The summed E-state index contributed by atoms with van der Waals surface area (Å²) in [6, 6.07) is 6.09. The number of benzene rings is 1. The van der Waals surface area contributed by atoms with Gasteiger partial charge in [0, 0.05) is 6.61 Å². The van der Waals surface area contributed by atoms with Crippen LogP contribution < -0.4 is 10.1 Å². The molecule has 1 aromatic carbocycles. The lowest BCUT2D eigenvalue weighted by molar-refractivity contribution is 0.210. The number of hydrogen-bond acceptors (Lipinski definition) is 4. The average Bonchev–Trinajstić information content (AvgIpc) is 3.04. The van der Waals surface area contributed by atoms with Crippen LogP contribution in [-0.4, -0.2) is 34.8 Å². The summed E-state index contributed by atoms with van der Waals surface area (Å²) in [6.07, 6.45) is 8.46. The normalized spacial score (nSPS) is 15.9. The van der Waals surface area contributed by atoms with Crippen LogP contribution in [0.3, 0.4) is 0 Å². The second-order valence-electron chi connectivity index (χ2n) is 6.76. The van der Waals surface area contributed by atoms with Crippen LogP contribution in [0.2, 0.25) is 0 Å². The number of nitrogens with zero attached hydrogens (tertiary/aromatic N) is 1. The van der Waals surface area contributed by atoms with Crippen molar-refractivity contribution < 1.29 is 9.84 Å². The van der Waals surface area contributed by atoms with Crippen LogP contribution in [0.15, 0.2) is 18.2 Å². The number of nitrogens with one attached hydrogen (secondary N) is 2. The summed E-state index contributed by atoms with van der Waals surface area (Å²) in [6.45, 7) is 2.67. The predicted molar refractivity (Wildman–Crippen MR) is 96.2 cm³/mol. The van der Waals surface area contributed by atoms with Crippen LogP contribution in [0.1, 0.15) is 50.8 Å². The Labute approximate surface area is 143 Å². The number of para-hydroxylation sites is 1. The van der Waals surface area contributed by atoms with Gasteiger partial charge in [-0.1, -0.05) is 25.3 Å². The molecule has 0 saturated heterocycles.